The molecule has 0 spiro atoms. The zero-order chi connectivity index (χ0) is 19.2. The molecule has 0 fully saturated rings. The Hall–Kier alpha value is -3.37. The fourth-order valence-corrected chi connectivity index (χ4v) is 2.56. The fourth-order valence-electron chi connectivity index (χ4n) is 2.43. The standard InChI is InChI=1S/C22H17ClN2O2/c23-18-12-5-15(6-13-18)7-14-21(26)16-8-10-17(11-9-16)22(27)25-20-4-2-1-3-19(20)24/h1-14H,24H2,(H,25,27). The lowest BCUT2D eigenvalue weighted by Crippen LogP contribution is -2.13. The first kappa shape index (κ1) is 18.4. The van der Waals surface area contributed by atoms with E-state index in [9.17, 15) is 9.59 Å². The highest BCUT2D eigenvalue weighted by atomic mass is 35.5. The summed E-state index contributed by atoms with van der Waals surface area (Å²) in [5.74, 6) is -0.437. The Morgan fingerprint density at radius 3 is 2.15 bits per heavy atom. The van der Waals surface area contributed by atoms with Crippen molar-refractivity contribution in [2.45, 2.75) is 0 Å². The Labute approximate surface area is 162 Å². The van der Waals surface area contributed by atoms with Crippen molar-refractivity contribution in [3.05, 3.63) is 101 Å². The highest BCUT2D eigenvalue weighted by molar-refractivity contribution is 6.30. The molecule has 0 unspecified atom stereocenters. The molecule has 1 amide bonds. The molecule has 0 radical (unpaired) electrons. The van der Waals surface area contributed by atoms with Crippen molar-refractivity contribution in [1.82, 2.24) is 0 Å². The fraction of sp³-hybridized carbons (Fsp3) is 0. The smallest absolute Gasteiger partial charge is 0.255 e. The molecule has 0 saturated carbocycles. The molecule has 0 aliphatic heterocycles. The molecular formula is C22H17ClN2O2. The Kier molecular flexibility index (Phi) is 5.69. The molecule has 0 aromatic heterocycles. The predicted octanol–water partition coefficient (Wildman–Crippen LogP) is 5.07. The van der Waals surface area contributed by atoms with E-state index >= 15 is 0 Å². The number of nitrogens with two attached hydrogens (primary N) is 1. The summed E-state index contributed by atoms with van der Waals surface area (Å²) in [7, 11) is 0. The highest BCUT2D eigenvalue weighted by Gasteiger charge is 2.09. The summed E-state index contributed by atoms with van der Waals surface area (Å²) in [5.41, 5.74) is 8.68. The van der Waals surface area contributed by atoms with E-state index in [0.717, 1.165) is 5.56 Å². The van der Waals surface area contributed by atoms with Crippen molar-refractivity contribution >= 4 is 40.7 Å². The maximum Gasteiger partial charge on any atom is 0.255 e. The van der Waals surface area contributed by atoms with Crippen LogP contribution in [-0.4, -0.2) is 11.7 Å². The van der Waals surface area contributed by atoms with Gasteiger partial charge in [-0.25, -0.2) is 0 Å². The van der Waals surface area contributed by atoms with Gasteiger partial charge < -0.3 is 11.1 Å². The van der Waals surface area contributed by atoms with E-state index < -0.39 is 0 Å². The van der Waals surface area contributed by atoms with Crippen LogP contribution >= 0.6 is 11.6 Å². The average Bonchev–Trinajstić information content (AvgIpc) is 2.69. The Morgan fingerprint density at radius 1 is 0.852 bits per heavy atom. The van der Waals surface area contributed by atoms with Gasteiger partial charge in [0.25, 0.3) is 5.91 Å². The topological polar surface area (TPSA) is 72.2 Å². The normalized spacial score (nSPS) is 10.7. The van der Waals surface area contributed by atoms with E-state index in [0.29, 0.717) is 27.5 Å². The van der Waals surface area contributed by atoms with Crippen LogP contribution in [0, 0.1) is 0 Å². The molecule has 0 saturated heterocycles. The second-order valence-corrected chi connectivity index (χ2v) is 6.30. The minimum absolute atomic E-state index is 0.149. The molecule has 0 aliphatic rings. The summed E-state index contributed by atoms with van der Waals surface area (Å²) in [6.07, 6.45) is 3.21. The van der Waals surface area contributed by atoms with Gasteiger partial charge in [0.05, 0.1) is 11.4 Å². The average molecular weight is 377 g/mol. The Morgan fingerprint density at radius 2 is 1.48 bits per heavy atom. The van der Waals surface area contributed by atoms with Gasteiger partial charge in [-0.05, 0) is 48.0 Å². The van der Waals surface area contributed by atoms with Crippen LogP contribution in [0.5, 0.6) is 0 Å². The SMILES string of the molecule is Nc1ccccc1NC(=O)c1ccc(C(=O)C=Cc2ccc(Cl)cc2)cc1. The summed E-state index contributed by atoms with van der Waals surface area (Å²) in [4.78, 5) is 24.6. The first-order valence-electron chi connectivity index (χ1n) is 8.27. The molecule has 3 aromatic carbocycles. The van der Waals surface area contributed by atoms with Gasteiger partial charge in [0.2, 0.25) is 0 Å². The van der Waals surface area contributed by atoms with Crippen LogP contribution in [-0.2, 0) is 0 Å². The van der Waals surface area contributed by atoms with E-state index in [1.165, 1.54) is 6.08 Å². The van der Waals surface area contributed by atoms with Gasteiger partial charge in [0, 0.05) is 16.1 Å². The number of carbonyl (C=O) groups excluding carboxylic acids is 2. The van der Waals surface area contributed by atoms with Gasteiger partial charge in [-0.1, -0.05) is 54.1 Å². The number of anilines is 2. The quantitative estimate of drug-likeness (QED) is 0.371. The summed E-state index contributed by atoms with van der Waals surface area (Å²) in [5, 5.41) is 3.40. The zero-order valence-electron chi connectivity index (χ0n) is 14.4. The van der Waals surface area contributed by atoms with Crippen molar-refractivity contribution in [3.8, 4) is 0 Å². The first-order chi connectivity index (χ1) is 13.0. The number of ketones is 1. The second kappa shape index (κ2) is 8.34. The predicted molar refractivity (Wildman–Crippen MR) is 110 cm³/mol. The van der Waals surface area contributed by atoms with E-state index in [4.69, 9.17) is 17.3 Å². The van der Waals surface area contributed by atoms with Crippen molar-refractivity contribution in [2.75, 3.05) is 11.1 Å². The summed E-state index contributed by atoms with van der Waals surface area (Å²) in [6, 6.07) is 20.7. The lowest BCUT2D eigenvalue weighted by atomic mass is 10.1. The number of nitrogen functional groups attached to an aromatic ring is 1. The van der Waals surface area contributed by atoms with Crippen LogP contribution in [0.4, 0.5) is 11.4 Å². The van der Waals surface area contributed by atoms with Crippen molar-refractivity contribution in [3.63, 3.8) is 0 Å². The number of carbonyl (C=O) groups is 2. The minimum Gasteiger partial charge on any atom is -0.397 e. The number of benzene rings is 3. The zero-order valence-corrected chi connectivity index (χ0v) is 15.1. The monoisotopic (exact) mass is 376 g/mol. The number of rotatable bonds is 5. The van der Waals surface area contributed by atoms with Crippen LogP contribution in [0.2, 0.25) is 5.02 Å². The van der Waals surface area contributed by atoms with E-state index in [2.05, 4.69) is 5.32 Å². The number of amides is 1. The summed E-state index contributed by atoms with van der Waals surface area (Å²) < 4.78 is 0. The minimum atomic E-state index is -0.288. The van der Waals surface area contributed by atoms with E-state index in [1.54, 1.807) is 66.7 Å². The molecule has 3 N–H and O–H groups in total. The van der Waals surface area contributed by atoms with Gasteiger partial charge in [-0.15, -0.1) is 0 Å². The van der Waals surface area contributed by atoms with Crippen LogP contribution in [0.25, 0.3) is 6.08 Å². The summed E-state index contributed by atoms with van der Waals surface area (Å²) in [6.45, 7) is 0. The maximum absolute atomic E-state index is 12.3. The lowest BCUT2D eigenvalue weighted by molar-refractivity contribution is 0.102. The van der Waals surface area contributed by atoms with Crippen LogP contribution in [0.1, 0.15) is 26.3 Å². The first-order valence-corrected chi connectivity index (χ1v) is 8.64. The van der Waals surface area contributed by atoms with Gasteiger partial charge >= 0.3 is 0 Å². The largest absolute Gasteiger partial charge is 0.397 e. The molecule has 0 bridgehead atoms. The summed E-state index contributed by atoms with van der Waals surface area (Å²) >= 11 is 5.84. The van der Waals surface area contributed by atoms with Crippen LogP contribution in [0.15, 0.2) is 78.9 Å². The van der Waals surface area contributed by atoms with Crippen molar-refractivity contribution < 1.29 is 9.59 Å². The molecule has 134 valence electrons. The number of halogens is 1. The number of hydrogen-bond acceptors (Lipinski definition) is 3. The molecule has 3 rings (SSSR count). The maximum atomic E-state index is 12.3. The third-order valence-corrected chi connectivity index (χ3v) is 4.19. The van der Waals surface area contributed by atoms with Crippen LogP contribution < -0.4 is 11.1 Å². The Bertz CT molecular complexity index is 994. The van der Waals surface area contributed by atoms with Crippen molar-refractivity contribution in [2.24, 2.45) is 0 Å². The van der Waals surface area contributed by atoms with Crippen LogP contribution in [0.3, 0.4) is 0 Å². The van der Waals surface area contributed by atoms with Crippen molar-refractivity contribution in [1.29, 1.82) is 0 Å². The number of nitrogens with one attached hydrogen (secondary N) is 1. The molecular weight excluding hydrogens is 360 g/mol. The van der Waals surface area contributed by atoms with E-state index in [1.807, 2.05) is 12.1 Å². The third-order valence-electron chi connectivity index (χ3n) is 3.94. The number of para-hydroxylation sites is 2. The Balaban J connectivity index is 1.67. The number of hydrogen-bond donors (Lipinski definition) is 2. The molecule has 5 heteroatoms. The molecule has 4 nitrogen and oxygen atoms in total. The molecule has 27 heavy (non-hydrogen) atoms. The molecule has 0 heterocycles. The lowest BCUT2D eigenvalue weighted by Gasteiger charge is -2.08. The van der Waals surface area contributed by atoms with E-state index in [-0.39, 0.29) is 11.7 Å². The molecule has 0 aliphatic carbocycles. The third kappa shape index (κ3) is 4.84. The van der Waals surface area contributed by atoms with Gasteiger partial charge in [-0.3, -0.25) is 9.59 Å². The second-order valence-electron chi connectivity index (χ2n) is 5.87. The van der Waals surface area contributed by atoms with Gasteiger partial charge in [-0.2, -0.15) is 0 Å². The number of allylic oxidation sites excluding steroid dienone is 1. The van der Waals surface area contributed by atoms with Gasteiger partial charge in [0.1, 0.15) is 0 Å². The highest BCUT2D eigenvalue weighted by Crippen LogP contribution is 2.18. The molecule has 3 aromatic rings. The molecule has 0 atom stereocenters. The van der Waals surface area contributed by atoms with Gasteiger partial charge in [0.15, 0.2) is 5.78 Å².